The van der Waals surface area contributed by atoms with Crippen molar-refractivity contribution in [3.05, 3.63) is 108 Å². The van der Waals surface area contributed by atoms with Crippen LogP contribution >= 0.6 is 0 Å². The summed E-state index contributed by atoms with van der Waals surface area (Å²) >= 11 is 0. The molecule has 1 fully saturated rings. The molecule has 1 saturated carbocycles. The highest BCUT2D eigenvalue weighted by Crippen LogP contribution is 2.49. The molecule has 8 heteroatoms. The molecule has 0 aliphatic heterocycles. The van der Waals surface area contributed by atoms with Gasteiger partial charge in [-0.05, 0) is 51.3 Å². The van der Waals surface area contributed by atoms with E-state index in [4.69, 9.17) is 19.8 Å². The van der Waals surface area contributed by atoms with Gasteiger partial charge in [0.1, 0.15) is 5.60 Å². The first-order valence-corrected chi connectivity index (χ1v) is 15.6. The molecule has 2 N–H and O–H groups in total. The summed E-state index contributed by atoms with van der Waals surface area (Å²) in [5.41, 5.74) is 6.75. The van der Waals surface area contributed by atoms with Crippen LogP contribution < -0.4 is 5.32 Å². The first-order valence-electron chi connectivity index (χ1n) is 15.6. The molecule has 0 bridgehead atoms. The van der Waals surface area contributed by atoms with E-state index in [0.717, 1.165) is 55.8 Å². The van der Waals surface area contributed by atoms with Gasteiger partial charge in [0.05, 0.1) is 22.5 Å². The molecule has 7 rings (SSSR count). The third-order valence-electron chi connectivity index (χ3n) is 8.50. The number of nitrogens with zero attached hydrogens (tertiary/aromatic N) is 4. The van der Waals surface area contributed by atoms with Crippen molar-refractivity contribution in [3.63, 3.8) is 0 Å². The number of pyridine rings is 1. The Hall–Kier alpha value is -5.08. The maximum Gasteiger partial charge on any atom is 0.408 e. The number of alkyl carbamates (subject to hydrolysis) is 1. The molecule has 1 amide bonds. The number of benzene rings is 3. The number of nitrogens with one attached hydrogen (secondary N) is 1. The van der Waals surface area contributed by atoms with Crippen LogP contribution in [0.25, 0.3) is 50.2 Å². The van der Waals surface area contributed by atoms with E-state index in [2.05, 4.69) is 29.6 Å². The van der Waals surface area contributed by atoms with E-state index in [0.29, 0.717) is 18.5 Å². The molecule has 6 aromatic rings. The van der Waals surface area contributed by atoms with Crippen LogP contribution in [0.2, 0.25) is 0 Å². The van der Waals surface area contributed by atoms with Gasteiger partial charge >= 0.3 is 6.09 Å². The number of hydrogen-bond donors (Lipinski definition) is 2. The predicted molar refractivity (Wildman–Crippen MR) is 180 cm³/mol. The van der Waals surface area contributed by atoms with Gasteiger partial charge in [-0.15, -0.1) is 0 Å². The minimum absolute atomic E-state index is 0.379. The van der Waals surface area contributed by atoms with Gasteiger partial charge in [-0.3, -0.25) is 0 Å². The van der Waals surface area contributed by atoms with Crippen molar-refractivity contribution in [2.24, 2.45) is 0 Å². The Morgan fingerprint density at radius 3 is 2.09 bits per heavy atom. The Morgan fingerprint density at radius 1 is 0.891 bits per heavy atom. The number of amides is 1. The summed E-state index contributed by atoms with van der Waals surface area (Å²) in [5.74, 6) is 0. The van der Waals surface area contributed by atoms with E-state index in [1.165, 1.54) is 0 Å². The minimum Gasteiger partial charge on any atom is -0.444 e. The summed E-state index contributed by atoms with van der Waals surface area (Å²) in [6.45, 7) is 9.26. The van der Waals surface area contributed by atoms with Crippen LogP contribution in [-0.2, 0) is 10.3 Å². The number of carbonyl (C=O) groups is 1. The van der Waals surface area contributed by atoms with Gasteiger partial charge in [0.15, 0.2) is 11.3 Å². The van der Waals surface area contributed by atoms with E-state index >= 15 is 0 Å². The number of rotatable bonds is 5. The maximum absolute atomic E-state index is 12.9. The fourth-order valence-corrected chi connectivity index (χ4v) is 6.79. The lowest BCUT2D eigenvalue weighted by Crippen LogP contribution is -2.62. The van der Waals surface area contributed by atoms with Gasteiger partial charge in [-0.25, -0.2) is 14.8 Å². The van der Waals surface area contributed by atoms with Crippen molar-refractivity contribution in [2.75, 3.05) is 0 Å². The second kappa shape index (κ2) is 10.8. The third-order valence-corrected chi connectivity index (χ3v) is 8.50. The number of carbonyl (C=O) groups excluding carboxylic acids is 1. The molecule has 8 nitrogen and oxygen atoms in total. The number of hydrogen-bond acceptors (Lipinski definition) is 6. The minimum atomic E-state index is -0.889. The van der Waals surface area contributed by atoms with Crippen LogP contribution in [0.3, 0.4) is 0 Å². The highest BCUT2D eigenvalue weighted by atomic mass is 16.6. The summed E-state index contributed by atoms with van der Waals surface area (Å²) in [6, 6.07) is 30.7. The summed E-state index contributed by atoms with van der Waals surface area (Å²) in [5, 5.41) is 19.5. The number of aliphatic hydroxyl groups is 1. The van der Waals surface area contributed by atoms with Gasteiger partial charge in [-0.2, -0.15) is 9.61 Å². The number of aryl methyl sites for hydroxylation is 1. The zero-order chi connectivity index (χ0) is 32.3. The average Bonchev–Trinajstić information content (AvgIpc) is 3.40. The van der Waals surface area contributed by atoms with Crippen molar-refractivity contribution in [1.29, 1.82) is 0 Å². The summed E-state index contributed by atoms with van der Waals surface area (Å²) in [7, 11) is 0. The van der Waals surface area contributed by atoms with Crippen LogP contribution in [0.15, 0.2) is 97.2 Å². The SMILES string of the molecule is Cc1cc2ncc3c(-c4ccccc4)c(-c4ccccc4)c(-c4ccc([C@]5(NC(=O)OC(C)(C)C)C[C@](C)(O)C5)cc4)nc3n2n1. The molecule has 0 unspecified atom stereocenters. The fourth-order valence-electron chi connectivity index (χ4n) is 6.79. The maximum atomic E-state index is 12.9. The van der Waals surface area contributed by atoms with E-state index in [1.807, 2.05) is 105 Å². The average molecular weight is 612 g/mol. The lowest BCUT2D eigenvalue weighted by molar-refractivity contribution is -0.0892. The second-order valence-corrected chi connectivity index (χ2v) is 13.6. The molecule has 1 aliphatic carbocycles. The van der Waals surface area contributed by atoms with Crippen LogP contribution in [0.4, 0.5) is 4.79 Å². The molecule has 0 saturated heterocycles. The Labute approximate surface area is 268 Å². The zero-order valence-corrected chi connectivity index (χ0v) is 26.7. The van der Waals surface area contributed by atoms with Crippen molar-refractivity contribution in [3.8, 4) is 33.5 Å². The second-order valence-electron chi connectivity index (χ2n) is 13.6. The summed E-state index contributed by atoms with van der Waals surface area (Å²) in [6.07, 6.45) is 2.15. The van der Waals surface area contributed by atoms with Crippen molar-refractivity contribution < 1.29 is 14.6 Å². The number of fused-ring (bicyclic) bond motifs is 3. The zero-order valence-electron chi connectivity index (χ0n) is 26.7. The van der Waals surface area contributed by atoms with Crippen LogP contribution in [0, 0.1) is 6.92 Å². The summed E-state index contributed by atoms with van der Waals surface area (Å²) in [4.78, 5) is 23.0. The molecule has 3 aromatic carbocycles. The highest BCUT2D eigenvalue weighted by Gasteiger charge is 2.53. The van der Waals surface area contributed by atoms with Gasteiger partial charge in [0.25, 0.3) is 0 Å². The van der Waals surface area contributed by atoms with Crippen molar-refractivity contribution in [1.82, 2.24) is 24.9 Å². The molecular weight excluding hydrogens is 574 g/mol. The van der Waals surface area contributed by atoms with Crippen LogP contribution in [0.5, 0.6) is 0 Å². The Bertz CT molecular complexity index is 2070. The molecular formula is C38H37N5O3. The molecule has 0 radical (unpaired) electrons. The van der Waals surface area contributed by atoms with E-state index in [9.17, 15) is 9.90 Å². The summed E-state index contributed by atoms with van der Waals surface area (Å²) < 4.78 is 7.41. The number of ether oxygens (including phenoxy) is 1. The highest BCUT2D eigenvalue weighted by molar-refractivity contribution is 6.06. The van der Waals surface area contributed by atoms with E-state index in [1.54, 1.807) is 6.92 Å². The van der Waals surface area contributed by atoms with E-state index in [-0.39, 0.29) is 0 Å². The largest absolute Gasteiger partial charge is 0.444 e. The van der Waals surface area contributed by atoms with Gasteiger partial charge in [0.2, 0.25) is 0 Å². The van der Waals surface area contributed by atoms with Crippen molar-refractivity contribution >= 4 is 22.8 Å². The fraction of sp³-hybridized carbons (Fsp3) is 0.263. The lowest BCUT2D eigenvalue weighted by Gasteiger charge is -2.52. The standard InChI is InChI=1S/C38H37N5O3/c1-24-20-30-39-21-29-31(25-12-8-6-9-13-25)32(26-14-10-7-11-15-26)33(40-34(29)43(30)42-24)27-16-18-28(19-17-27)38(22-37(5,45)23-38)41-35(44)46-36(2,3)4/h6-21,45H,22-23H2,1-5H3,(H,41,44)/t37-,38-. The molecule has 232 valence electrons. The van der Waals surface area contributed by atoms with Crippen LogP contribution in [0.1, 0.15) is 51.8 Å². The van der Waals surface area contributed by atoms with Crippen LogP contribution in [-0.4, -0.2) is 42.0 Å². The topological polar surface area (TPSA) is 102 Å². The Morgan fingerprint density at radius 2 is 1.50 bits per heavy atom. The molecule has 46 heavy (non-hydrogen) atoms. The monoisotopic (exact) mass is 611 g/mol. The van der Waals surface area contributed by atoms with Gasteiger partial charge in [0, 0.05) is 47.2 Å². The smallest absolute Gasteiger partial charge is 0.408 e. The van der Waals surface area contributed by atoms with Gasteiger partial charge < -0.3 is 15.2 Å². The molecule has 3 aromatic heterocycles. The number of aromatic nitrogens is 4. The van der Waals surface area contributed by atoms with Crippen molar-refractivity contribution in [2.45, 2.75) is 64.2 Å². The molecule has 0 spiro atoms. The predicted octanol–water partition coefficient (Wildman–Crippen LogP) is 7.85. The quantitative estimate of drug-likeness (QED) is 0.206. The first-order chi connectivity index (χ1) is 21.9. The normalized spacial score (nSPS) is 19.6. The Kier molecular flexibility index (Phi) is 6.94. The lowest BCUT2D eigenvalue weighted by atomic mass is 9.62. The molecule has 0 atom stereocenters. The first kappa shape index (κ1) is 29.6. The van der Waals surface area contributed by atoms with Gasteiger partial charge in [-0.1, -0.05) is 84.9 Å². The Balaban J connectivity index is 1.43. The molecule has 3 heterocycles. The third kappa shape index (κ3) is 5.39. The molecule has 1 aliphatic rings. The van der Waals surface area contributed by atoms with E-state index < -0.39 is 22.8 Å².